The van der Waals surface area contributed by atoms with Crippen LogP contribution in [0.5, 0.6) is 0 Å². The van der Waals surface area contributed by atoms with E-state index in [9.17, 15) is 17.2 Å². The molecular formula is C13H18F2N2O2S2. The fraction of sp³-hybridized carbons (Fsp3) is 0.538. The number of sulfonamides is 1. The third kappa shape index (κ3) is 3.49. The molecule has 2 rings (SSSR count). The Kier molecular flexibility index (Phi) is 4.79. The minimum atomic E-state index is -4.24. The van der Waals surface area contributed by atoms with Crippen LogP contribution in [-0.4, -0.2) is 26.0 Å². The fourth-order valence-electron chi connectivity index (χ4n) is 2.61. The number of nitrogen functional groups attached to an aromatic ring is 1. The molecule has 21 heavy (non-hydrogen) atoms. The van der Waals surface area contributed by atoms with Gasteiger partial charge in [-0.25, -0.2) is 21.9 Å². The first-order valence-corrected chi connectivity index (χ1v) is 9.30. The largest absolute Gasteiger partial charge is 0.399 e. The molecule has 0 saturated heterocycles. The normalized spacial score (nSPS) is 18.0. The zero-order chi connectivity index (χ0) is 15.7. The van der Waals surface area contributed by atoms with Gasteiger partial charge in [-0.05, 0) is 31.2 Å². The number of halogens is 2. The van der Waals surface area contributed by atoms with Crippen LogP contribution in [0.15, 0.2) is 17.0 Å². The molecule has 0 amide bonds. The standard InChI is InChI=1S/C13H18F2N2O2S2/c1-20-13(4-2-3-5-13)8-17-21(18,19)12-10(14)6-9(16)7-11(12)15/h6-7,17H,2-5,8,16H2,1H3. The van der Waals surface area contributed by atoms with Crippen molar-refractivity contribution in [3.05, 3.63) is 23.8 Å². The van der Waals surface area contributed by atoms with Crippen LogP contribution in [0.4, 0.5) is 14.5 Å². The van der Waals surface area contributed by atoms with Gasteiger partial charge in [0, 0.05) is 17.0 Å². The Morgan fingerprint density at radius 3 is 2.29 bits per heavy atom. The molecule has 0 atom stereocenters. The Morgan fingerprint density at radius 2 is 1.81 bits per heavy atom. The zero-order valence-electron chi connectivity index (χ0n) is 11.7. The van der Waals surface area contributed by atoms with Crippen molar-refractivity contribution >= 4 is 27.5 Å². The van der Waals surface area contributed by atoms with Crippen molar-refractivity contribution in [2.24, 2.45) is 0 Å². The molecule has 8 heteroatoms. The van der Waals surface area contributed by atoms with Gasteiger partial charge in [-0.3, -0.25) is 0 Å². The minimum absolute atomic E-state index is 0.152. The summed E-state index contributed by atoms with van der Waals surface area (Å²) in [5, 5.41) is 0. The second-order valence-corrected chi connectivity index (χ2v) is 8.21. The number of benzene rings is 1. The van der Waals surface area contributed by atoms with Crippen LogP contribution in [-0.2, 0) is 10.0 Å². The Bertz CT molecular complexity index is 606. The summed E-state index contributed by atoms with van der Waals surface area (Å²) in [4.78, 5) is -0.967. The van der Waals surface area contributed by atoms with Gasteiger partial charge < -0.3 is 5.73 Å². The molecule has 0 bridgehead atoms. The van der Waals surface area contributed by atoms with Crippen molar-refractivity contribution in [2.75, 3.05) is 18.5 Å². The molecule has 0 spiro atoms. The molecule has 0 heterocycles. The third-order valence-electron chi connectivity index (χ3n) is 3.82. The van der Waals surface area contributed by atoms with Gasteiger partial charge in [0.25, 0.3) is 0 Å². The summed E-state index contributed by atoms with van der Waals surface area (Å²) >= 11 is 1.59. The number of rotatable bonds is 5. The van der Waals surface area contributed by atoms with Gasteiger partial charge in [0.1, 0.15) is 11.6 Å². The van der Waals surface area contributed by atoms with E-state index < -0.39 is 26.6 Å². The van der Waals surface area contributed by atoms with Crippen molar-refractivity contribution in [2.45, 2.75) is 35.3 Å². The van der Waals surface area contributed by atoms with Crippen LogP contribution < -0.4 is 10.5 Å². The summed E-state index contributed by atoms with van der Waals surface area (Å²) in [5.74, 6) is -2.35. The average molecular weight is 336 g/mol. The molecule has 1 aliphatic carbocycles. The lowest BCUT2D eigenvalue weighted by molar-refractivity contribution is 0.508. The van der Waals surface area contributed by atoms with E-state index in [2.05, 4.69) is 4.72 Å². The van der Waals surface area contributed by atoms with E-state index in [0.29, 0.717) is 0 Å². The Hall–Kier alpha value is -0.860. The predicted molar refractivity (Wildman–Crippen MR) is 80.7 cm³/mol. The molecule has 0 aliphatic heterocycles. The highest BCUT2D eigenvalue weighted by atomic mass is 32.2. The number of anilines is 1. The topological polar surface area (TPSA) is 72.2 Å². The van der Waals surface area contributed by atoms with E-state index in [0.717, 1.165) is 37.8 Å². The molecule has 1 aliphatic rings. The van der Waals surface area contributed by atoms with Crippen molar-refractivity contribution in [1.29, 1.82) is 0 Å². The van der Waals surface area contributed by atoms with Crippen LogP contribution in [0, 0.1) is 11.6 Å². The van der Waals surface area contributed by atoms with Gasteiger partial charge in [0.15, 0.2) is 4.90 Å². The zero-order valence-corrected chi connectivity index (χ0v) is 13.3. The van der Waals surface area contributed by atoms with Gasteiger partial charge in [0.2, 0.25) is 10.0 Å². The molecule has 1 saturated carbocycles. The summed E-state index contributed by atoms with van der Waals surface area (Å²) in [5.41, 5.74) is 5.14. The smallest absolute Gasteiger partial charge is 0.246 e. The van der Waals surface area contributed by atoms with E-state index in [1.165, 1.54) is 0 Å². The van der Waals surface area contributed by atoms with E-state index in [4.69, 9.17) is 5.73 Å². The molecule has 4 nitrogen and oxygen atoms in total. The minimum Gasteiger partial charge on any atom is -0.399 e. The van der Waals surface area contributed by atoms with E-state index in [1.807, 2.05) is 6.26 Å². The van der Waals surface area contributed by atoms with Crippen LogP contribution >= 0.6 is 11.8 Å². The maximum atomic E-state index is 13.7. The number of hydrogen-bond donors (Lipinski definition) is 2. The molecular weight excluding hydrogens is 318 g/mol. The lowest BCUT2D eigenvalue weighted by Crippen LogP contribution is -2.39. The molecule has 0 unspecified atom stereocenters. The SMILES string of the molecule is CSC1(CNS(=O)(=O)c2c(F)cc(N)cc2F)CCCC1. The lowest BCUT2D eigenvalue weighted by Gasteiger charge is -2.26. The second kappa shape index (κ2) is 6.10. The van der Waals surface area contributed by atoms with Crippen LogP contribution in [0.25, 0.3) is 0 Å². The highest BCUT2D eigenvalue weighted by molar-refractivity contribution is 8.00. The quantitative estimate of drug-likeness (QED) is 0.811. The summed E-state index contributed by atoms with van der Waals surface area (Å²) in [7, 11) is -4.24. The summed E-state index contributed by atoms with van der Waals surface area (Å²) < 4.78 is 54.0. The molecule has 1 fully saturated rings. The lowest BCUT2D eigenvalue weighted by atomic mass is 10.1. The highest BCUT2D eigenvalue weighted by Gasteiger charge is 2.35. The Morgan fingerprint density at radius 1 is 1.29 bits per heavy atom. The van der Waals surface area contributed by atoms with E-state index in [-0.39, 0.29) is 17.0 Å². The molecule has 1 aromatic carbocycles. The van der Waals surface area contributed by atoms with E-state index >= 15 is 0 Å². The number of hydrogen-bond acceptors (Lipinski definition) is 4. The number of nitrogens with two attached hydrogens (primary N) is 1. The van der Waals surface area contributed by atoms with Crippen LogP contribution in [0.3, 0.4) is 0 Å². The van der Waals surface area contributed by atoms with Gasteiger partial charge in [-0.1, -0.05) is 12.8 Å². The van der Waals surface area contributed by atoms with Gasteiger partial charge >= 0.3 is 0 Å². The van der Waals surface area contributed by atoms with Crippen LogP contribution in [0.1, 0.15) is 25.7 Å². The molecule has 1 aromatic rings. The number of nitrogens with one attached hydrogen (secondary N) is 1. The summed E-state index contributed by atoms with van der Waals surface area (Å²) in [6.07, 6.45) is 5.77. The first kappa shape index (κ1) is 16.5. The van der Waals surface area contributed by atoms with Gasteiger partial charge in [-0.15, -0.1) is 0 Å². The predicted octanol–water partition coefficient (Wildman–Crippen LogP) is 2.50. The van der Waals surface area contributed by atoms with Crippen molar-refractivity contribution in [1.82, 2.24) is 4.72 Å². The third-order valence-corrected chi connectivity index (χ3v) is 6.69. The first-order valence-electron chi connectivity index (χ1n) is 6.59. The van der Waals surface area contributed by atoms with Crippen LogP contribution in [0.2, 0.25) is 0 Å². The summed E-state index contributed by atoms with van der Waals surface area (Å²) in [6.45, 7) is 0.166. The molecule has 0 radical (unpaired) electrons. The van der Waals surface area contributed by atoms with Crippen molar-refractivity contribution < 1.29 is 17.2 Å². The maximum absolute atomic E-state index is 13.7. The second-order valence-electron chi connectivity index (χ2n) is 5.23. The van der Waals surface area contributed by atoms with Gasteiger partial charge in [-0.2, -0.15) is 11.8 Å². The molecule has 118 valence electrons. The molecule has 3 N–H and O–H groups in total. The monoisotopic (exact) mass is 336 g/mol. The van der Waals surface area contributed by atoms with Crippen molar-refractivity contribution in [3.63, 3.8) is 0 Å². The average Bonchev–Trinajstić information content (AvgIpc) is 2.84. The maximum Gasteiger partial charge on any atom is 0.246 e. The van der Waals surface area contributed by atoms with E-state index in [1.54, 1.807) is 11.8 Å². The molecule has 0 aromatic heterocycles. The fourth-order valence-corrected chi connectivity index (χ4v) is 4.85. The number of thioether (sulfide) groups is 1. The first-order chi connectivity index (χ1) is 9.80. The van der Waals surface area contributed by atoms with Gasteiger partial charge in [0.05, 0.1) is 0 Å². The van der Waals surface area contributed by atoms with Crippen molar-refractivity contribution in [3.8, 4) is 0 Å². The highest BCUT2D eigenvalue weighted by Crippen LogP contribution is 2.39. The Balaban J connectivity index is 2.23. The summed E-state index contributed by atoms with van der Waals surface area (Å²) in [6, 6.07) is 1.61. The Labute approximate surface area is 127 Å².